The molecular formula is C24H47N3O2. The zero-order valence-electron chi connectivity index (χ0n) is 19.1. The molecule has 0 radical (unpaired) electrons. The first kappa shape index (κ1) is 27.9. The number of aliphatic hydroxyl groups excluding tert-OH is 1. The number of aliphatic hydroxyl groups is 1. The minimum Gasteiger partial charge on any atom is -0.383 e. The van der Waals surface area contributed by atoms with E-state index in [1.165, 1.54) is 70.6 Å². The number of rotatable bonds is 20. The standard InChI is InChI=1S/C24H47N3O2/c1-3-4-5-6-7-8-9-10-11-12-13-14-15-16-22(21(2)17-19-25)27-24(29)23(28)18-20-26/h21-23,28H,3-18,20,26H2,1-2H3,(H,27,29). The van der Waals surface area contributed by atoms with E-state index < -0.39 is 6.10 Å². The number of amides is 1. The summed E-state index contributed by atoms with van der Waals surface area (Å²) in [4.78, 5) is 12.1. The lowest BCUT2D eigenvalue weighted by Gasteiger charge is -2.25. The smallest absolute Gasteiger partial charge is 0.249 e. The summed E-state index contributed by atoms with van der Waals surface area (Å²) in [7, 11) is 0. The fraction of sp³-hybridized carbons (Fsp3) is 0.917. The second-order valence-electron chi connectivity index (χ2n) is 8.58. The molecule has 0 aliphatic carbocycles. The van der Waals surface area contributed by atoms with Gasteiger partial charge >= 0.3 is 0 Å². The zero-order chi connectivity index (χ0) is 21.7. The molecule has 29 heavy (non-hydrogen) atoms. The fourth-order valence-corrected chi connectivity index (χ4v) is 3.74. The third-order valence-electron chi connectivity index (χ3n) is 5.79. The predicted molar refractivity (Wildman–Crippen MR) is 121 cm³/mol. The molecule has 0 rings (SSSR count). The van der Waals surface area contributed by atoms with Crippen molar-refractivity contribution in [2.75, 3.05) is 6.54 Å². The van der Waals surface area contributed by atoms with Crippen LogP contribution in [0.3, 0.4) is 0 Å². The van der Waals surface area contributed by atoms with Crippen LogP contribution in [0.5, 0.6) is 0 Å². The van der Waals surface area contributed by atoms with E-state index in [1.807, 2.05) is 6.92 Å². The van der Waals surface area contributed by atoms with E-state index in [0.717, 1.165) is 19.3 Å². The van der Waals surface area contributed by atoms with Crippen molar-refractivity contribution in [3.8, 4) is 6.07 Å². The van der Waals surface area contributed by atoms with Crippen molar-refractivity contribution in [3.63, 3.8) is 0 Å². The van der Waals surface area contributed by atoms with Crippen molar-refractivity contribution in [2.24, 2.45) is 11.7 Å². The minimum atomic E-state index is -1.05. The summed E-state index contributed by atoms with van der Waals surface area (Å²) < 4.78 is 0. The van der Waals surface area contributed by atoms with Crippen molar-refractivity contribution in [3.05, 3.63) is 0 Å². The number of nitrogens with two attached hydrogens (primary N) is 1. The summed E-state index contributed by atoms with van der Waals surface area (Å²) in [5.41, 5.74) is 5.41. The maximum absolute atomic E-state index is 12.1. The lowest BCUT2D eigenvalue weighted by Crippen LogP contribution is -2.45. The molecule has 0 spiro atoms. The number of nitrogens with one attached hydrogen (secondary N) is 1. The molecule has 0 aromatic heterocycles. The number of hydrogen-bond donors (Lipinski definition) is 3. The highest BCUT2D eigenvalue weighted by molar-refractivity contribution is 5.80. The number of nitrogens with zero attached hydrogens (tertiary/aromatic N) is 1. The van der Waals surface area contributed by atoms with Gasteiger partial charge in [-0.3, -0.25) is 4.79 Å². The third kappa shape index (κ3) is 16.4. The molecule has 170 valence electrons. The minimum absolute atomic E-state index is 0.0534. The highest BCUT2D eigenvalue weighted by Crippen LogP contribution is 2.17. The van der Waals surface area contributed by atoms with Crippen molar-refractivity contribution >= 4 is 5.91 Å². The first-order valence-electron chi connectivity index (χ1n) is 12.1. The Bertz CT molecular complexity index is 423. The molecule has 0 heterocycles. The molecule has 0 fully saturated rings. The maximum Gasteiger partial charge on any atom is 0.249 e. The van der Waals surface area contributed by atoms with Crippen LogP contribution in [0.25, 0.3) is 0 Å². The number of nitriles is 1. The Labute approximate surface area is 179 Å². The molecule has 0 aliphatic heterocycles. The zero-order valence-corrected chi connectivity index (χ0v) is 19.1. The summed E-state index contributed by atoms with van der Waals surface area (Å²) in [6.07, 6.45) is 17.6. The van der Waals surface area contributed by atoms with E-state index in [1.54, 1.807) is 0 Å². The van der Waals surface area contributed by atoms with E-state index in [-0.39, 0.29) is 30.8 Å². The predicted octanol–water partition coefficient (Wildman–Crippen LogP) is 5.21. The van der Waals surface area contributed by atoms with Gasteiger partial charge in [0, 0.05) is 12.5 Å². The Hall–Kier alpha value is -1.12. The molecule has 4 N–H and O–H groups in total. The average molecular weight is 410 g/mol. The molecule has 0 bridgehead atoms. The molecule has 3 atom stereocenters. The SMILES string of the molecule is CCCCCCCCCCCCCCCC(NC(=O)C(O)CCN)C(C)CC#N. The van der Waals surface area contributed by atoms with Gasteiger partial charge in [-0.15, -0.1) is 0 Å². The highest BCUT2D eigenvalue weighted by Gasteiger charge is 2.22. The van der Waals surface area contributed by atoms with Gasteiger partial charge in [0.05, 0.1) is 6.07 Å². The third-order valence-corrected chi connectivity index (χ3v) is 5.79. The van der Waals surface area contributed by atoms with Crippen LogP contribution in [0, 0.1) is 17.2 Å². The summed E-state index contributed by atoms with van der Waals surface area (Å²) in [5, 5.41) is 21.7. The number of carbonyl (C=O) groups is 1. The molecule has 0 aliphatic rings. The van der Waals surface area contributed by atoms with Crippen LogP contribution in [0.4, 0.5) is 0 Å². The van der Waals surface area contributed by atoms with Crippen LogP contribution in [0.1, 0.15) is 117 Å². The van der Waals surface area contributed by atoms with E-state index in [0.29, 0.717) is 6.42 Å². The van der Waals surface area contributed by atoms with Gasteiger partial charge in [-0.2, -0.15) is 5.26 Å². The monoisotopic (exact) mass is 409 g/mol. The van der Waals surface area contributed by atoms with Crippen LogP contribution in [0.15, 0.2) is 0 Å². The number of hydrogen-bond acceptors (Lipinski definition) is 4. The molecule has 0 saturated heterocycles. The van der Waals surface area contributed by atoms with Gasteiger partial charge in [0.25, 0.3) is 0 Å². The summed E-state index contributed by atoms with van der Waals surface area (Å²) in [5.74, 6) is -0.272. The van der Waals surface area contributed by atoms with Gasteiger partial charge in [0.2, 0.25) is 5.91 Å². The summed E-state index contributed by atoms with van der Waals surface area (Å²) in [6, 6.07) is 2.14. The van der Waals surface area contributed by atoms with Crippen LogP contribution in [-0.4, -0.2) is 29.7 Å². The second kappa shape index (κ2) is 20.2. The number of unbranched alkanes of at least 4 members (excludes halogenated alkanes) is 12. The lowest BCUT2D eigenvalue weighted by molar-refractivity contribution is -0.130. The van der Waals surface area contributed by atoms with Crippen molar-refractivity contribution < 1.29 is 9.90 Å². The van der Waals surface area contributed by atoms with Gasteiger partial charge in [0.1, 0.15) is 6.10 Å². The maximum atomic E-state index is 12.1. The van der Waals surface area contributed by atoms with Gasteiger partial charge in [0.15, 0.2) is 0 Å². The molecule has 0 saturated carbocycles. The van der Waals surface area contributed by atoms with Crippen LogP contribution < -0.4 is 11.1 Å². The molecule has 1 amide bonds. The quantitative estimate of drug-likeness (QED) is 0.240. The van der Waals surface area contributed by atoms with Crippen molar-refractivity contribution in [1.29, 1.82) is 5.26 Å². The van der Waals surface area contributed by atoms with E-state index in [2.05, 4.69) is 18.3 Å². The summed E-state index contributed by atoms with van der Waals surface area (Å²) >= 11 is 0. The molecule has 0 aromatic rings. The summed E-state index contributed by atoms with van der Waals surface area (Å²) in [6.45, 7) is 4.54. The fourth-order valence-electron chi connectivity index (χ4n) is 3.74. The second-order valence-corrected chi connectivity index (χ2v) is 8.58. The topological polar surface area (TPSA) is 99.1 Å². The highest BCUT2D eigenvalue weighted by atomic mass is 16.3. The first-order valence-corrected chi connectivity index (χ1v) is 12.1. The van der Waals surface area contributed by atoms with E-state index in [9.17, 15) is 9.90 Å². The van der Waals surface area contributed by atoms with Gasteiger partial charge in [-0.05, 0) is 25.3 Å². The molecule has 5 nitrogen and oxygen atoms in total. The first-order chi connectivity index (χ1) is 14.1. The normalized spacial score (nSPS) is 14.2. The Morgan fingerprint density at radius 1 is 0.931 bits per heavy atom. The van der Waals surface area contributed by atoms with Crippen LogP contribution >= 0.6 is 0 Å². The Balaban J connectivity index is 3.85. The molecule has 5 heteroatoms. The Kier molecular flexibility index (Phi) is 19.4. The van der Waals surface area contributed by atoms with Crippen LogP contribution in [0.2, 0.25) is 0 Å². The average Bonchev–Trinajstić information content (AvgIpc) is 2.70. The molecule has 0 aromatic carbocycles. The van der Waals surface area contributed by atoms with Crippen molar-refractivity contribution in [2.45, 2.75) is 129 Å². The molecular weight excluding hydrogens is 362 g/mol. The largest absolute Gasteiger partial charge is 0.383 e. The van der Waals surface area contributed by atoms with E-state index in [4.69, 9.17) is 11.0 Å². The van der Waals surface area contributed by atoms with Gasteiger partial charge in [-0.1, -0.05) is 97.3 Å². The van der Waals surface area contributed by atoms with Gasteiger partial charge < -0.3 is 16.2 Å². The van der Waals surface area contributed by atoms with Crippen LogP contribution in [-0.2, 0) is 4.79 Å². The Morgan fingerprint density at radius 2 is 1.41 bits per heavy atom. The molecule has 3 unspecified atom stereocenters. The Morgan fingerprint density at radius 3 is 1.86 bits per heavy atom. The van der Waals surface area contributed by atoms with Crippen molar-refractivity contribution in [1.82, 2.24) is 5.32 Å². The lowest BCUT2D eigenvalue weighted by atomic mass is 9.93. The van der Waals surface area contributed by atoms with Gasteiger partial charge in [-0.25, -0.2) is 0 Å². The van der Waals surface area contributed by atoms with E-state index >= 15 is 0 Å². The number of carbonyl (C=O) groups excluding carboxylic acids is 1.